The molecular formula is C20H29N5O3. The molecule has 4 fully saturated rings. The predicted molar refractivity (Wildman–Crippen MR) is 100 cm³/mol. The van der Waals surface area contributed by atoms with Crippen molar-refractivity contribution < 1.29 is 14.1 Å². The molecule has 5 rings (SSSR count). The van der Waals surface area contributed by atoms with Gasteiger partial charge in [-0.15, -0.1) is 0 Å². The number of hydrogen-bond acceptors (Lipinski definition) is 6. The van der Waals surface area contributed by atoms with Crippen molar-refractivity contribution >= 4 is 11.8 Å². The number of nitrogens with one attached hydrogen (secondary N) is 1. The molecule has 152 valence electrons. The normalized spacial score (nSPS) is 32.9. The van der Waals surface area contributed by atoms with Crippen LogP contribution in [0, 0.1) is 11.8 Å². The van der Waals surface area contributed by atoms with Crippen molar-refractivity contribution in [3.63, 3.8) is 0 Å². The maximum atomic E-state index is 12.7. The van der Waals surface area contributed by atoms with Gasteiger partial charge in [0.15, 0.2) is 5.82 Å². The van der Waals surface area contributed by atoms with Crippen molar-refractivity contribution in [3.8, 4) is 0 Å². The molecule has 8 nitrogen and oxygen atoms in total. The van der Waals surface area contributed by atoms with E-state index in [2.05, 4.69) is 25.3 Å². The average molecular weight is 387 g/mol. The largest absolute Gasteiger partial charge is 0.354 e. The highest BCUT2D eigenvalue weighted by Crippen LogP contribution is 2.42. The van der Waals surface area contributed by atoms with Gasteiger partial charge in [0.25, 0.3) is 0 Å². The van der Waals surface area contributed by atoms with Crippen LogP contribution in [0.4, 0.5) is 0 Å². The summed E-state index contributed by atoms with van der Waals surface area (Å²) in [5.41, 5.74) is 0. The third kappa shape index (κ3) is 3.43. The van der Waals surface area contributed by atoms with Crippen LogP contribution in [0.1, 0.15) is 63.1 Å². The maximum Gasteiger partial charge on any atom is 0.240 e. The molecule has 1 aliphatic carbocycles. The van der Waals surface area contributed by atoms with Crippen LogP contribution in [0.3, 0.4) is 0 Å². The first kappa shape index (κ1) is 18.1. The van der Waals surface area contributed by atoms with Crippen molar-refractivity contribution in [1.29, 1.82) is 0 Å². The van der Waals surface area contributed by atoms with E-state index in [1.165, 1.54) is 12.8 Å². The van der Waals surface area contributed by atoms with Gasteiger partial charge in [-0.3, -0.25) is 14.5 Å². The number of fused-ring (bicyclic) bond motifs is 4. The van der Waals surface area contributed by atoms with Crippen molar-refractivity contribution in [2.75, 3.05) is 19.6 Å². The molecule has 1 aromatic rings. The number of aromatic nitrogens is 2. The summed E-state index contributed by atoms with van der Waals surface area (Å²) >= 11 is 0. The van der Waals surface area contributed by atoms with E-state index < -0.39 is 0 Å². The zero-order valence-electron chi connectivity index (χ0n) is 16.5. The van der Waals surface area contributed by atoms with E-state index in [0.717, 1.165) is 38.2 Å². The molecule has 2 amide bonds. The van der Waals surface area contributed by atoms with Crippen LogP contribution in [-0.2, 0) is 16.1 Å². The number of carbonyl (C=O) groups is 2. The van der Waals surface area contributed by atoms with Crippen molar-refractivity contribution in [3.05, 3.63) is 11.7 Å². The molecule has 4 heterocycles. The lowest BCUT2D eigenvalue weighted by atomic mass is 9.72. The van der Waals surface area contributed by atoms with Gasteiger partial charge in [-0.2, -0.15) is 4.98 Å². The van der Waals surface area contributed by atoms with Crippen molar-refractivity contribution in [2.45, 2.75) is 70.0 Å². The first-order valence-electron chi connectivity index (χ1n) is 10.7. The van der Waals surface area contributed by atoms with Gasteiger partial charge in [-0.25, -0.2) is 0 Å². The van der Waals surface area contributed by atoms with Crippen molar-refractivity contribution in [1.82, 2.24) is 25.3 Å². The molecule has 1 aromatic heterocycles. The summed E-state index contributed by atoms with van der Waals surface area (Å²) in [6.45, 7) is 4.65. The Bertz CT molecular complexity index is 761. The zero-order valence-corrected chi connectivity index (χ0v) is 16.5. The van der Waals surface area contributed by atoms with E-state index in [-0.39, 0.29) is 17.9 Å². The van der Waals surface area contributed by atoms with Gasteiger partial charge >= 0.3 is 0 Å². The predicted octanol–water partition coefficient (Wildman–Crippen LogP) is 1.28. The Labute approximate surface area is 165 Å². The first-order chi connectivity index (χ1) is 13.6. The standard InChI is InChI=1S/C20H29N5O3/c1-12(26)21-8-17-15-7-14(16-3-2-4-19(27)25(16)17)9-24(10-15)11-18-22-20(23-28-18)13-5-6-13/h13-17H,2-11H2,1H3,(H,21,26)/t14-,15+,16+,17+/m1/s1. The number of nitrogens with zero attached hydrogens (tertiary/aromatic N) is 4. The second-order valence-corrected chi connectivity index (χ2v) is 9.04. The molecule has 1 N–H and O–H groups in total. The topological polar surface area (TPSA) is 91.6 Å². The van der Waals surface area contributed by atoms with E-state index in [9.17, 15) is 9.59 Å². The quantitative estimate of drug-likeness (QED) is 0.818. The highest BCUT2D eigenvalue weighted by atomic mass is 16.5. The molecule has 3 aliphatic heterocycles. The summed E-state index contributed by atoms with van der Waals surface area (Å²) in [5, 5.41) is 7.11. The molecule has 3 saturated heterocycles. The Balaban J connectivity index is 1.33. The van der Waals surface area contributed by atoms with Crippen LogP contribution in [0.2, 0.25) is 0 Å². The molecule has 0 aromatic carbocycles. The maximum absolute atomic E-state index is 12.7. The summed E-state index contributed by atoms with van der Waals surface area (Å²) < 4.78 is 5.50. The molecule has 4 atom stereocenters. The number of likely N-dealkylation sites (tertiary alicyclic amines) is 1. The molecular weight excluding hydrogens is 358 g/mol. The van der Waals surface area contributed by atoms with E-state index in [4.69, 9.17) is 4.52 Å². The minimum absolute atomic E-state index is 0.0331. The molecule has 28 heavy (non-hydrogen) atoms. The number of carbonyl (C=O) groups excluding carboxylic acids is 2. The fourth-order valence-electron chi connectivity index (χ4n) is 5.54. The molecule has 0 spiro atoms. The first-order valence-corrected chi connectivity index (χ1v) is 10.7. The van der Waals surface area contributed by atoms with E-state index in [0.29, 0.717) is 49.2 Å². The lowest BCUT2D eigenvalue weighted by molar-refractivity contribution is -0.153. The highest BCUT2D eigenvalue weighted by Gasteiger charge is 2.49. The Morgan fingerprint density at radius 2 is 2.07 bits per heavy atom. The molecule has 1 saturated carbocycles. The van der Waals surface area contributed by atoms with Gasteiger partial charge in [0.1, 0.15) is 0 Å². The molecule has 0 radical (unpaired) electrons. The van der Waals surface area contributed by atoms with Crippen LogP contribution in [0.25, 0.3) is 0 Å². The lowest BCUT2D eigenvalue weighted by Gasteiger charge is -2.56. The Hall–Kier alpha value is -1.96. The zero-order chi connectivity index (χ0) is 19.3. The molecule has 4 aliphatic rings. The summed E-state index contributed by atoms with van der Waals surface area (Å²) in [4.78, 5) is 33.4. The molecule has 0 unspecified atom stereocenters. The summed E-state index contributed by atoms with van der Waals surface area (Å²) in [7, 11) is 0. The fraction of sp³-hybridized carbons (Fsp3) is 0.800. The number of rotatable bonds is 5. The third-order valence-electron chi connectivity index (χ3n) is 6.92. The third-order valence-corrected chi connectivity index (χ3v) is 6.92. The van der Waals surface area contributed by atoms with E-state index in [1.807, 2.05) is 0 Å². The van der Waals surface area contributed by atoms with Gasteiger partial charge in [0.05, 0.1) is 12.6 Å². The van der Waals surface area contributed by atoms with E-state index in [1.54, 1.807) is 6.92 Å². The van der Waals surface area contributed by atoms with Crippen molar-refractivity contribution in [2.24, 2.45) is 11.8 Å². The van der Waals surface area contributed by atoms with Crippen LogP contribution in [0.15, 0.2) is 4.52 Å². The average Bonchev–Trinajstić information content (AvgIpc) is 3.41. The van der Waals surface area contributed by atoms with Gasteiger partial charge in [0, 0.05) is 44.9 Å². The highest BCUT2D eigenvalue weighted by molar-refractivity contribution is 5.78. The Morgan fingerprint density at radius 1 is 1.25 bits per heavy atom. The summed E-state index contributed by atoms with van der Waals surface area (Å²) in [6, 6.07) is 0.384. The number of amides is 2. The molecule has 8 heteroatoms. The SMILES string of the molecule is CC(=O)NC[C@H]1[C@H]2C[C@H](CN(Cc3nc(C4CC4)no3)C2)[C@@H]2CCCC(=O)N21. The van der Waals surface area contributed by atoms with Gasteiger partial charge < -0.3 is 14.7 Å². The number of piperidine rings is 3. The summed E-state index contributed by atoms with van der Waals surface area (Å²) in [6.07, 6.45) is 6.16. The minimum atomic E-state index is -0.0331. The second kappa shape index (κ2) is 7.13. The van der Waals surface area contributed by atoms with Gasteiger partial charge in [-0.05, 0) is 43.9 Å². The number of hydrogen-bond donors (Lipinski definition) is 1. The fourth-order valence-corrected chi connectivity index (χ4v) is 5.54. The monoisotopic (exact) mass is 387 g/mol. The Morgan fingerprint density at radius 3 is 2.86 bits per heavy atom. The van der Waals surface area contributed by atoms with Crippen LogP contribution in [0.5, 0.6) is 0 Å². The van der Waals surface area contributed by atoms with Gasteiger partial charge in [0.2, 0.25) is 17.7 Å². The van der Waals surface area contributed by atoms with Crippen LogP contribution in [-0.4, -0.2) is 63.5 Å². The smallest absolute Gasteiger partial charge is 0.240 e. The Kier molecular flexibility index (Phi) is 4.61. The van der Waals surface area contributed by atoms with Crippen LogP contribution < -0.4 is 5.32 Å². The lowest BCUT2D eigenvalue weighted by Crippen LogP contribution is -2.66. The summed E-state index contributed by atoms with van der Waals surface area (Å²) in [5.74, 6) is 3.16. The molecule has 2 bridgehead atoms. The van der Waals surface area contributed by atoms with Crippen LogP contribution >= 0.6 is 0 Å². The van der Waals surface area contributed by atoms with Gasteiger partial charge in [-0.1, -0.05) is 5.16 Å². The van der Waals surface area contributed by atoms with E-state index >= 15 is 0 Å². The second-order valence-electron chi connectivity index (χ2n) is 9.04. The minimum Gasteiger partial charge on any atom is -0.354 e.